The average Bonchev–Trinajstić information content (AvgIpc) is 3.38. The van der Waals surface area contributed by atoms with Crippen LogP contribution in [-0.4, -0.2) is 50.3 Å². The molecular weight excluding hydrogens is 629 g/mol. The van der Waals surface area contributed by atoms with E-state index in [9.17, 15) is 24.6 Å². The second kappa shape index (κ2) is 11.9. The van der Waals surface area contributed by atoms with Gasteiger partial charge in [-0.05, 0) is 93.0 Å². The fraction of sp³-hybridized carbons (Fsp3) is 0.385. The van der Waals surface area contributed by atoms with Gasteiger partial charge in [0.05, 0.1) is 17.9 Å². The fourth-order valence-electron chi connectivity index (χ4n) is 9.02. The standard InChI is InChI=1S/C39H38FNO8/c1-36-18-16-27(42)20-26(36)10-14-31-30-17-19-38(35(45)46,37(30,2)21-32(43)39(31,36)40)49-34(44)25-8-11-28(12-9-25)48-29-13-15-33(41-22-29)47-23-24-6-4-3-5-7-24/h3-9,11-13,15-16,18,20,22,30-32,43H,10,14,17,19,21,23H2,1-2H3,(H,45,46)/t30-,31-,32-,36-,37-,38+,39?/m0/s1. The predicted octanol–water partition coefficient (Wildman–Crippen LogP) is 6.80. The van der Waals surface area contributed by atoms with Crippen molar-refractivity contribution < 1.29 is 43.2 Å². The lowest BCUT2D eigenvalue weighted by Gasteiger charge is -2.62. The van der Waals surface area contributed by atoms with E-state index in [0.717, 1.165) is 5.56 Å². The number of benzene rings is 2. The monoisotopic (exact) mass is 667 g/mol. The van der Waals surface area contributed by atoms with Crippen molar-refractivity contribution in [1.29, 1.82) is 0 Å². The van der Waals surface area contributed by atoms with E-state index < -0.39 is 52.0 Å². The number of alkyl halides is 1. The molecule has 49 heavy (non-hydrogen) atoms. The highest BCUT2D eigenvalue weighted by molar-refractivity contribution is 6.01. The molecule has 7 atom stereocenters. The van der Waals surface area contributed by atoms with Crippen molar-refractivity contribution in [2.24, 2.45) is 22.7 Å². The summed E-state index contributed by atoms with van der Waals surface area (Å²) in [5.41, 5.74) is -4.75. The number of allylic oxidation sites excluding steroid dienone is 4. The topological polar surface area (TPSA) is 132 Å². The third kappa shape index (κ3) is 5.15. The number of carbonyl (C=O) groups is 3. The summed E-state index contributed by atoms with van der Waals surface area (Å²) < 4.78 is 35.0. The molecule has 3 saturated carbocycles. The second-order valence-corrected chi connectivity index (χ2v) is 14.1. The normalized spacial score (nSPS) is 33.0. The van der Waals surface area contributed by atoms with Crippen LogP contribution in [0.2, 0.25) is 0 Å². The van der Waals surface area contributed by atoms with Crippen LogP contribution in [-0.2, 0) is 20.9 Å². The van der Waals surface area contributed by atoms with Gasteiger partial charge in [-0.3, -0.25) is 4.79 Å². The van der Waals surface area contributed by atoms with Crippen molar-refractivity contribution >= 4 is 17.7 Å². The molecule has 3 aromatic rings. The highest BCUT2D eigenvalue weighted by Gasteiger charge is 2.76. The van der Waals surface area contributed by atoms with Crippen molar-refractivity contribution in [2.75, 3.05) is 0 Å². The molecule has 1 heterocycles. The quantitative estimate of drug-likeness (QED) is 0.249. The summed E-state index contributed by atoms with van der Waals surface area (Å²) in [6.07, 6.45) is 5.23. The Balaban J connectivity index is 1.05. The van der Waals surface area contributed by atoms with Gasteiger partial charge in [0.1, 0.15) is 18.1 Å². The molecule has 0 amide bonds. The molecule has 0 radical (unpaired) electrons. The Morgan fingerprint density at radius 3 is 2.41 bits per heavy atom. The predicted molar refractivity (Wildman–Crippen MR) is 176 cm³/mol. The Labute approximate surface area is 283 Å². The van der Waals surface area contributed by atoms with E-state index in [1.54, 1.807) is 44.2 Å². The van der Waals surface area contributed by atoms with Gasteiger partial charge in [-0.15, -0.1) is 0 Å². The number of pyridine rings is 1. The first-order chi connectivity index (χ1) is 23.4. The summed E-state index contributed by atoms with van der Waals surface area (Å²) in [5, 5.41) is 22.2. The van der Waals surface area contributed by atoms with Crippen LogP contribution in [0.4, 0.5) is 4.39 Å². The number of hydrogen-bond donors (Lipinski definition) is 2. The average molecular weight is 668 g/mol. The molecule has 0 aliphatic heterocycles. The molecule has 2 aromatic carbocycles. The maximum absolute atomic E-state index is 17.4. The molecular formula is C39H38FNO8. The summed E-state index contributed by atoms with van der Waals surface area (Å²) in [5.74, 6) is -2.23. The van der Waals surface area contributed by atoms with E-state index in [2.05, 4.69) is 4.98 Å². The van der Waals surface area contributed by atoms with Gasteiger partial charge in [0.2, 0.25) is 11.5 Å². The number of aromatic nitrogens is 1. The van der Waals surface area contributed by atoms with E-state index in [4.69, 9.17) is 14.2 Å². The number of hydrogen-bond acceptors (Lipinski definition) is 8. The summed E-state index contributed by atoms with van der Waals surface area (Å²) in [4.78, 5) is 43.0. The summed E-state index contributed by atoms with van der Waals surface area (Å²) in [6, 6.07) is 19.2. The number of aliphatic carboxylic acids is 1. The number of rotatable bonds is 8. The van der Waals surface area contributed by atoms with Crippen LogP contribution in [0.1, 0.15) is 61.9 Å². The lowest BCUT2D eigenvalue weighted by molar-refractivity contribution is -0.222. The maximum Gasteiger partial charge on any atom is 0.348 e. The summed E-state index contributed by atoms with van der Waals surface area (Å²) >= 11 is 0. The number of ether oxygens (including phenoxy) is 3. The maximum atomic E-state index is 17.4. The molecule has 2 N–H and O–H groups in total. The number of fused-ring (bicyclic) bond motifs is 5. The number of carboxylic acid groups (broad SMARTS) is 1. The molecule has 1 unspecified atom stereocenters. The number of esters is 1. The largest absolute Gasteiger partial charge is 0.478 e. The Bertz CT molecular complexity index is 1840. The molecule has 1 aromatic heterocycles. The second-order valence-electron chi connectivity index (χ2n) is 14.1. The molecule has 0 spiro atoms. The SMILES string of the molecule is C[C@]12C=CC(=O)C=C1CC[C@H]1[C@@H]3CC[C@@](OC(=O)c4ccc(Oc5ccc(OCc6ccccc6)nc5)cc4)(C(=O)O)[C@@]3(C)C[C@H](O)C12F. The molecule has 0 bridgehead atoms. The number of nitrogens with zero attached hydrogens (tertiary/aromatic N) is 1. The van der Waals surface area contributed by atoms with Gasteiger partial charge in [0.15, 0.2) is 11.5 Å². The number of aliphatic hydroxyl groups is 1. The van der Waals surface area contributed by atoms with Crippen LogP contribution in [0.25, 0.3) is 0 Å². The highest BCUT2D eigenvalue weighted by atomic mass is 19.1. The zero-order valence-corrected chi connectivity index (χ0v) is 27.3. The highest BCUT2D eigenvalue weighted by Crippen LogP contribution is 2.70. The molecule has 9 nitrogen and oxygen atoms in total. The smallest absolute Gasteiger partial charge is 0.348 e. The fourth-order valence-corrected chi connectivity index (χ4v) is 9.02. The molecule has 3 fully saturated rings. The van der Waals surface area contributed by atoms with Crippen LogP contribution in [0.3, 0.4) is 0 Å². The first kappa shape index (κ1) is 32.7. The van der Waals surface area contributed by atoms with E-state index >= 15 is 4.39 Å². The minimum absolute atomic E-state index is 0.0124. The van der Waals surface area contributed by atoms with Crippen molar-refractivity contribution in [1.82, 2.24) is 4.98 Å². The molecule has 7 rings (SSSR count). The molecule has 254 valence electrons. The van der Waals surface area contributed by atoms with Gasteiger partial charge in [-0.2, -0.15) is 0 Å². The van der Waals surface area contributed by atoms with Crippen molar-refractivity contribution in [3.63, 3.8) is 0 Å². The van der Waals surface area contributed by atoms with Crippen molar-refractivity contribution in [3.8, 4) is 17.4 Å². The van der Waals surface area contributed by atoms with Gasteiger partial charge in [-0.1, -0.05) is 48.9 Å². The van der Waals surface area contributed by atoms with Gasteiger partial charge in [0.25, 0.3) is 0 Å². The number of carbonyl (C=O) groups excluding carboxylic acids is 2. The van der Waals surface area contributed by atoms with Crippen molar-refractivity contribution in [3.05, 3.63) is 108 Å². The lowest BCUT2D eigenvalue weighted by atomic mass is 9.45. The number of ketones is 1. The summed E-state index contributed by atoms with van der Waals surface area (Å²) in [7, 11) is 0. The Morgan fingerprint density at radius 1 is 0.980 bits per heavy atom. The van der Waals surface area contributed by atoms with Crippen LogP contribution in [0, 0.1) is 22.7 Å². The number of aliphatic hydroxyl groups excluding tert-OH is 1. The van der Waals surface area contributed by atoms with Gasteiger partial charge >= 0.3 is 11.9 Å². The minimum atomic E-state index is -2.11. The third-order valence-corrected chi connectivity index (χ3v) is 11.6. The van der Waals surface area contributed by atoms with E-state index in [1.807, 2.05) is 30.3 Å². The minimum Gasteiger partial charge on any atom is -0.478 e. The third-order valence-electron chi connectivity index (χ3n) is 11.6. The van der Waals surface area contributed by atoms with Crippen LogP contribution < -0.4 is 9.47 Å². The molecule has 0 saturated heterocycles. The Morgan fingerprint density at radius 2 is 1.71 bits per heavy atom. The van der Waals surface area contributed by atoms with E-state index in [-0.39, 0.29) is 24.2 Å². The zero-order valence-electron chi connectivity index (χ0n) is 27.3. The molecule has 10 heteroatoms. The van der Waals surface area contributed by atoms with Crippen LogP contribution >= 0.6 is 0 Å². The Kier molecular flexibility index (Phi) is 7.97. The number of carboxylic acids is 1. The van der Waals surface area contributed by atoms with Gasteiger partial charge < -0.3 is 24.4 Å². The van der Waals surface area contributed by atoms with Crippen LogP contribution in [0.15, 0.2) is 96.7 Å². The van der Waals surface area contributed by atoms with Crippen LogP contribution in [0.5, 0.6) is 17.4 Å². The van der Waals surface area contributed by atoms with Crippen molar-refractivity contribution in [2.45, 2.75) is 69.9 Å². The van der Waals surface area contributed by atoms with E-state index in [1.165, 1.54) is 30.5 Å². The lowest BCUT2D eigenvalue weighted by Crippen LogP contribution is -2.69. The first-order valence-electron chi connectivity index (χ1n) is 16.6. The summed E-state index contributed by atoms with van der Waals surface area (Å²) in [6.45, 7) is 3.79. The molecule has 4 aliphatic rings. The first-order valence-corrected chi connectivity index (χ1v) is 16.6. The van der Waals surface area contributed by atoms with Gasteiger partial charge in [-0.25, -0.2) is 19.0 Å². The van der Waals surface area contributed by atoms with Gasteiger partial charge in [0, 0.05) is 22.8 Å². The van der Waals surface area contributed by atoms with E-state index in [0.29, 0.717) is 48.8 Å². The molecule has 4 aliphatic carbocycles. The Hall–Kier alpha value is -4.83. The zero-order chi connectivity index (χ0) is 34.6. The number of halogens is 1.